The molecular formula is C12H16O2. The van der Waals surface area contributed by atoms with Gasteiger partial charge in [0.2, 0.25) is 0 Å². The molecule has 0 heterocycles. The molecule has 2 heteroatoms. The molecule has 1 aromatic carbocycles. The third-order valence-electron chi connectivity index (χ3n) is 2.11. The number of carbonyl (C=O) groups is 1. The second-order valence-electron chi connectivity index (χ2n) is 3.40. The van der Waals surface area contributed by atoms with E-state index in [0.717, 1.165) is 5.56 Å². The number of aryl methyl sites for hydroxylation is 1. The van der Waals surface area contributed by atoms with Gasteiger partial charge < -0.3 is 4.74 Å². The Labute approximate surface area is 84.9 Å². The first-order valence-electron chi connectivity index (χ1n) is 4.89. The summed E-state index contributed by atoms with van der Waals surface area (Å²) in [7, 11) is 0. The lowest BCUT2D eigenvalue weighted by atomic mass is 10.1. The fourth-order valence-corrected chi connectivity index (χ4v) is 1.27. The van der Waals surface area contributed by atoms with Crippen molar-refractivity contribution in [1.82, 2.24) is 0 Å². The van der Waals surface area contributed by atoms with Crippen LogP contribution in [-0.2, 0) is 9.53 Å². The average molecular weight is 192 g/mol. The lowest BCUT2D eigenvalue weighted by Crippen LogP contribution is -2.07. The van der Waals surface area contributed by atoms with Crippen LogP contribution in [0.5, 0.6) is 0 Å². The van der Waals surface area contributed by atoms with Crippen molar-refractivity contribution in [3.8, 4) is 0 Å². The molecule has 0 unspecified atom stereocenters. The molecule has 0 amide bonds. The van der Waals surface area contributed by atoms with Gasteiger partial charge in [-0.2, -0.15) is 0 Å². The maximum atomic E-state index is 11.1. The van der Waals surface area contributed by atoms with E-state index in [-0.39, 0.29) is 12.1 Å². The summed E-state index contributed by atoms with van der Waals surface area (Å²) in [5.41, 5.74) is 2.23. The zero-order chi connectivity index (χ0) is 10.6. The molecule has 0 spiro atoms. The van der Waals surface area contributed by atoms with E-state index < -0.39 is 0 Å². The van der Waals surface area contributed by atoms with Crippen LogP contribution < -0.4 is 0 Å². The van der Waals surface area contributed by atoms with Crippen LogP contribution in [0.1, 0.15) is 37.5 Å². The van der Waals surface area contributed by atoms with Crippen LogP contribution in [0.25, 0.3) is 0 Å². The van der Waals surface area contributed by atoms with Crippen LogP contribution in [-0.4, -0.2) is 5.97 Å². The molecule has 0 bridgehead atoms. The second kappa shape index (κ2) is 4.80. The van der Waals surface area contributed by atoms with Gasteiger partial charge in [0.25, 0.3) is 0 Å². The van der Waals surface area contributed by atoms with E-state index in [0.29, 0.717) is 6.42 Å². The number of rotatable bonds is 3. The van der Waals surface area contributed by atoms with Gasteiger partial charge in [0, 0.05) is 6.42 Å². The molecule has 0 fully saturated rings. The Hall–Kier alpha value is -1.31. The molecule has 1 aromatic rings. The van der Waals surface area contributed by atoms with Gasteiger partial charge in [-0.1, -0.05) is 36.8 Å². The highest BCUT2D eigenvalue weighted by molar-refractivity contribution is 5.69. The third kappa shape index (κ3) is 2.87. The lowest BCUT2D eigenvalue weighted by molar-refractivity contribution is -0.148. The Morgan fingerprint density at radius 1 is 1.50 bits per heavy atom. The fourth-order valence-electron chi connectivity index (χ4n) is 1.27. The minimum Gasteiger partial charge on any atom is -0.458 e. The van der Waals surface area contributed by atoms with Crippen molar-refractivity contribution < 1.29 is 9.53 Å². The van der Waals surface area contributed by atoms with Crippen molar-refractivity contribution >= 4 is 5.97 Å². The smallest absolute Gasteiger partial charge is 0.306 e. The van der Waals surface area contributed by atoms with Crippen molar-refractivity contribution in [2.24, 2.45) is 0 Å². The summed E-state index contributed by atoms with van der Waals surface area (Å²) in [6, 6.07) is 8.01. The van der Waals surface area contributed by atoms with Gasteiger partial charge in [-0.3, -0.25) is 4.79 Å². The van der Waals surface area contributed by atoms with E-state index in [1.54, 1.807) is 6.92 Å². The van der Waals surface area contributed by atoms with Crippen LogP contribution in [0.15, 0.2) is 24.3 Å². The zero-order valence-electron chi connectivity index (χ0n) is 8.91. The fraction of sp³-hybridized carbons (Fsp3) is 0.417. The second-order valence-corrected chi connectivity index (χ2v) is 3.40. The SMILES string of the molecule is CCC(=O)O[C@H](C)c1cccc(C)c1. The minimum atomic E-state index is -0.154. The third-order valence-corrected chi connectivity index (χ3v) is 2.11. The number of carbonyl (C=O) groups excluding carboxylic acids is 1. The maximum Gasteiger partial charge on any atom is 0.306 e. The number of benzene rings is 1. The summed E-state index contributed by atoms with van der Waals surface area (Å²) >= 11 is 0. The van der Waals surface area contributed by atoms with E-state index in [1.807, 2.05) is 38.1 Å². The molecule has 2 nitrogen and oxygen atoms in total. The van der Waals surface area contributed by atoms with E-state index in [4.69, 9.17) is 4.74 Å². The molecule has 0 saturated heterocycles. The van der Waals surface area contributed by atoms with Crippen molar-refractivity contribution in [2.45, 2.75) is 33.3 Å². The molecule has 1 rings (SSSR count). The van der Waals surface area contributed by atoms with Crippen molar-refractivity contribution in [1.29, 1.82) is 0 Å². The normalized spacial score (nSPS) is 12.2. The van der Waals surface area contributed by atoms with Crippen LogP contribution in [0.2, 0.25) is 0 Å². The predicted octanol–water partition coefficient (Wildman–Crippen LogP) is 3.01. The van der Waals surface area contributed by atoms with E-state index in [9.17, 15) is 4.79 Å². The molecule has 0 saturated carbocycles. The Morgan fingerprint density at radius 2 is 2.21 bits per heavy atom. The summed E-state index contributed by atoms with van der Waals surface area (Å²) in [4.78, 5) is 11.1. The molecule has 1 atom stereocenters. The standard InChI is InChI=1S/C12H16O2/c1-4-12(13)14-10(3)11-7-5-6-9(2)8-11/h5-8,10H,4H2,1-3H3/t10-/m1/s1. The zero-order valence-corrected chi connectivity index (χ0v) is 8.91. The Kier molecular flexibility index (Phi) is 3.69. The highest BCUT2D eigenvalue weighted by Crippen LogP contribution is 2.18. The Bertz CT molecular complexity index is 318. The Balaban J connectivity index is 2.69. The first-order chi connectivity index (χ1) is 6.63. The quantitative estimate of drug-likeness (QED) is 0.688. The van der Waals surface area contributed by atoms with E-state index >= 15 is 0 Å². The topological polar surface area (TPSA) is 26.3 Å². The van der Waals surface area contributed by atoms with Crippen LogP contribution in [0.3, 0.4) is 0 Å². The lowest BCUT2D eigenvalue weighted by Gasteiger charge is -2.13. The average Bonchev–Trinajstić information content (AvgIpc) is 2.17. The number of ether oxygens (including phenoxy) is 1. The van der Waals surface area contributed by atoms with Crippen molar-refractivity contribution in [2.75, 3.05) is 0 Å². The summed E-state index contributed by atoms with van der Waals surface area (Å²) in [6.45, 7) is 5.71. The highest BCUT2D eigenvalue weighted by Gasteiger charge is 2.09. The van der Waals surface area contributed by atoms with Gasteiger partial charge >= 0.3 is 5.97 Å². The molecule has 0 aliphatic rings. The largest absolute Gasteiger partial charge is 0.458 e. The number of esters is 1. The van der Waals surface area contributed by atoms with Gasteiger partial charge in [0.05, 0.1) is 0 Å². The van der Waals surface area contributed by atoms with Crippen LogP contribution in [0.4, 0.5) is 0 Å². The van der Waals surface area contributed by atoms with Crippen molar-refractivity contribution in [3.63, 3.8) is 0 Å². The van der Waals surface area contributed by atoms with E-state index in [1.165, 1.54) is 5.56 Å². The molecule has 0 aromatic heterocycles. The summed E-state index contributed by atoms with van der Waals surface area (Å²) in [6.07, 6.45) is 0.276. The van der Waals surface area contributed by atoms with Crippen molar-refractivity contribution in [3.05, 3.63) is 35.4 Å². The maximum absolute atomic E-state index is 11.1. The molecule has 14 heavy (non-hydrogen) atoms. The Morgan fingerprint density at radius 3 is 2.79 bits per heavy atom. The first-order valence-corrected chi connectivity index (χ1v) is 4.89. The van der Waals surface area contributed by atoms with Gasteiger partial charge in [-0.25, -0.2) is 0 Å². The molecule has 76 valence electrons. The summed E-state index contributed by atoms with van der Waals surface area (Å²) < 4.78 is 5.20. The number of hydrogen-bond acceptors (Lipinski definition) is 2. The number of hydrogen-bond donors (Lipinski definition) is 0. The van der Waals surface area contributed by atoms with E-state index in [2.05, 4.69) is 0 Å². The van der Waals surface area contributed by atoms with Crippen LogP contribution in [0, 0.1) is 6.92 Å². The summed E-state index contributed by atoms with van der Waals surface area (Å²) in [5, 5.41) is 0. The molecular weight excluding hydrogens is 176 g/mol. The minimum absolute atomic E-state index is 0.151. The summed E-state index contributed by atoms with van der Waals surface area (Å²) in [5.74, 6) is -0.154. The van der Waals surface area contributed by atoms with Gasteiger partial charge in [-0.05, 0) is 19.4 Å². The molecule has 0 aliphatic heterocycles. The first kappa shape index (κ1) is 10.8. The monoisotopic (exact) mass is 192 g/mol. The highest BCUT2D eigenvalue weighted by atomic mass is 16.5. The molecule has 0 aliphatic carbocycles. The molecule has 0 radical (unpaired) electrons. The predicted molar refractivity (Wildman–Crippen MR) is 56.0 cm³/mol. The molecule has 0 N–H and O–H groups in total. The van der Waals surface area contributed by atoms with Gasteiger partial charge in [-0.15, -0.1) is 0 Å². The van der Waals surface area contributed by atoms with Gasteiger partial charge in [0.15, 0.2) is 0 Å². The van der Waals surface area contributed by atoms with Gasteiger partial charge in [0.1, 0.15) is 6.10 Å². The van der Waals surface area contributed by atoms with Crippen LogP contribution >= 0.6 is 0 Å².